The summed E-state index contributed by atoms with van der Waals surface area (Å²) in [4.78, 5) is 26.2. The van der Waals surface area contributed by atoms with Gasteiger partial charge in [-0.05, 0) is 60.9 Å². The molecule has 0 saturated heterocycles. The Kier molecular flexibility index (Phi) is 12.8. The van der Waals surface area contributed by atoms with Crippen molar-refractivity contribution in [2.45, 2.75) is 144 Å². The molecular formula is C30H60O5Si2. The van der Waals surface area contributed by atoms with E-state index in [0.717, 1.165) is 12.8 Å². The van der Waals surface area contributed by atoms with Crippen LogP contribution in [0.4, 0.5) is 0 Å². The van der Waals surface area contributed by atoms with Crippen molar-refractivity contribution < 1.29 is 23.5 Å². The van der Waals surface area contributed by atoms with Gasteiger partial charge in [0.05, 0.1) is 18.6 Å². The molecule has 0 aromatic heterocycles. The quantitative estimate of drug-likeness (QED) is 0.161. The van der Waals surface area contributed by atoms with Crippen molar-refractivity contribution in [3.63, 3.8) is 0 Å². The maximum Gasteiger partial charge on any atom is 0.305 e. The molecule has 1 N–H and O–H groups in total. The molecule has 0 aromatic carbocycles. The Hall–Kier alpha value is -0.766. The van der Waals surface area contributed by atoms with E-state index in [4.69, 9.17) is 8.85 Å². The first-order chi connectivity index (χ1) is 16.3. The normalized spacial score (nSPS) is 18.0. The number of hydrogen-bond acceptors (Lipinski definition) is 4. The van der Waals surface area contributed by atoms with Crippen LogP contribution in [-0.2, 0) is 18.4 Å². The highest BCUT2D eigenvalue weighted by Gasteiger charge is 2.49. The summed E-state index contributed by atoms with van der Waals surface area (Å²) in [5.41, 5.74) is -0.977. The van der Waals surface area contributed by atoms with E-state index < -0.39 is 40.0 Å². The molecule has 7 heteroatoms. The maximum atomic E-state index is 14.3. The molecule has 0 rings (SSSR count). The minimum absolute atomic E-state index is 0.00722. The number of carbonyl (C=O) groups excluding carboxylic acids is 1. The first-order valence-electron chi connectivity index (χ1n) is 14.0. The van der Waals surface area contributed by atoms with Crippen molar-refractivity contribution >= 4 is 28.4 Å². The molecule has 0 spiro atoms. The highest BCUT2D eigenvalue weighted by atomic mass is 28.4. The molecule has 0 unspecified atom stereocenters. The summed E-state index contributed by atoms with van der Waals surface area (Å²) < 4.78 is 13.6. The smallest absolute Gasteiger partial charge is 0.305 e. The average molecular weight is 557 g/mol. The molecular weight excluding hydrogens is 496 g/mol. The van der Waals surface area contributed by atoms with Crippen LogP contribution in [0.25, 0.3) is 0 Å². The summed E-state index contributed by atoms with van der Waals surface area (Å²) in [6, 6.07) is 0. The number of Topliss-reactive ketones (excluding diaryl/α,β-unsaturated/α-hetero) is 1. The van der Waals surface area contributed by atoms with Gasteiger partial charge in [0.1, 0.15) is 5.78 Å². The van der Waals surface area contributed by atoms with Gasteiger partial charge in [-0.25, -0.2) is 0 Å². The van der Waals surface area contributed by atoms with Gasteiger partial charge in [-0.15, -0.1) is 6.58 Å². The van der Waals surface area contributed by atoms with Gasteiger partial charge in [-0.3, -0.25) is 9.59 Å². The zero-order valence-electron chi connectivity index (χ0n) is 26.9. The summed E-state index contributed by atoms with van der Waals surface area (Å²) in [5.74, 6) is -0.718. The molecule has 0 aromatic rings. The average Bonchev–Trinajstić information content (AvgIpc) is 2.68. The first kappa shape index (κ1) is 36.2. The maximum absolute atomic E-state index is 14.3. The van der Waals surface area contributed by atoms with E-state index in [1.165, 1.54) is 0 Å². The van der Waals surface area contributed by atoms with Gasteiger partial charge in [0.25, 0.3) is 0 Å². The molecule has 0 heterocycles. The predicted molar refractivity (Wildman–Crippen MR) is 162 cm³/mol. The Balaban J connectivity index is 6.42. The lowest BCUT2D eigenvalue weighted by Crippen LogP contribution is -2.54. The van der Waals surface area contributed by atoms with Crippen LogP contribution in [0.15, 0.2) is 12.7 Å². The van der Waals surface area contributed by atoms with Crippen LogP contribution in [0.3, 0.4) is 0 Å². The number of carboxylic acids is 1. The van der Waals surface area contributed by atoms with Gasteiger partial charge in [0.2, 0.25) is 0 Å². The van der Waals surface area contributed by atoms with Crippen LogP contribution in [0.5, 0.6) is 0 Å². The van der Waals surface area contributed by atoms with Crippen molar-refractivity contribution in [2.24, 2.45) is 23.2 Å². The molecule has 5 nitrogen and oxygen atoms in total. The Morgan fingerprint density at radius 2 is 1.30 bits per heavy atom. The SMILES string of the molecule is C=CC[C@H](C)C[C@H](C)[C@H](O[Si](C)(C)C(C)(C)C)[C@@H](C)C(=O)C(C)(C)[C@H](CC(=O)O)O[Si](C)(C)C(C)(C)C. The van der Waals surface area contributed by atoms with Gasteiger partial charge in [-0.2, -0.15) is 0 Å². The minimum atomic E-state index is -2.32. The highest BCUT2D eigenvalue weighted by molar-refractivity contribution is 6.74. The van der Waals surface area contributed by atoms with Crippen molar-refractivity contribution in [2.75, 3.05) is 0 Å². The molecule has 0 aliphatic heterocycles. The number of rotatable bonds is 15. The summed E-state index contributed by atoms with van der Waals surface area (Å²) in [7, 11) is -4.49. The van der Waals surface area contributed by atoms with Gasteiger partial charge >= 0.3 is 5.97 Å². The lowest BCUT2D eigenvalue weighted by molar-refractivity contribution is -0.146. The topological polar surface area (TPSA) is 72.8 Å². The molecule has 218 valence electrons. The van der Waals surface area contributed by atoms with Crippen LogP contribution in [0.1, 0.15) is 95.4 Å². The van der Waals surface area contributed by atoms with E-state index >= 15 is 0 Å². The number of aliphatic carboxylic acids is 1. The van der Waals surface area contributed by atoms with Gasteiger partial charge in [-0.1, -0.05) is 82.2 Å². The van der Waals surface area contributed by atoms with Crippen LogP contribution < -0.4 is 0 Å². The molecule has 0 radical (unpaired) electrons. The van der Waals surface area contributed by atoms with E-state index in [0.29, 0.717) is 5.92 Å². The lowest BCUT2D eigenvalue weighted by Gasteiger charge is -2.46. The van der Waals surface area contributed by atoms with Crippen LogP contribution in [0.2, 0.25) is 36.3 Å². The summed E-state index contributed by atoms with van der Waals surface area (Å²) >= 11 is 0. The molecule has 0 saturated carbocycles. The summed E-state index contributed by atoms with van der Waals surface area (Å²) in [5, 5.41) is 9.66. The van der Waals surface area contributed by atoms with Gasteiger partial charge < -0.3 is 14.0 Å². The summed E-state index contributed by atoms with van der Waals surface area (Å²) in [6.07, 6.45) is 2.65. The van der Waals surface area contributed by atoms with E-state index in [-0.39, 0.29) is 34.3 Å². The number of hydrogen-bond donors (Lipinski definition) is 1. The first-order valence-corrected chi connectivity index (χ1v) is 19.9. The fourth-order valence-electron chi connectivity index (χ4n) is 4.41. The number of carbonyl (C=O) groups is 2. The molecule has 0 bridgehead atoms. The van der Waals surface area contributed by atoms with Crippen molar-refractivity contribution in [3.8, 4) is 0 Å². The van der Waals surface area contributed by atoms with Crippen LogP contribution >= 0.6 is 0 Å². The highest BCUT2D eigenvalue weighted by Crippen LogP contribution is 2.44. The minimum Gasteiger partial charge on any atom is -0.481 e. The van der Waals surface area contributed by atoms with Crippen molar-refractivity contribution in [1.29, 1.82) is 0 Å². The van der Waals surface area contributed by atoms with Crippen molar-refractivity contribution in [1.82, 2.24) is 0 Å². The van der Waals surface area contributed by atoms with Crippen LogP contribution in [0, 0.1) is 23.2 Å². The Labute approximate surface area is 231 Å². The fraction of sp³-hybridized carbons (Fsp3) is 0.867. The van der Waals surface area contributed by atoms with Gasteiger partial charge in [0.15, 0.2) is 16.6 Å². The van der Waals surface area contributed by atoms with E-state index in [1.807, 2.05) is 26.8 Å². The number of allylic oxidation sites excluding steroid dienone is 1. The van der Waals surface area contributed by atoms with E-state index in [2.05, 4.69) is 88.2 Å². The van der Waals surface area contributed by atoms with Gasteiger partial charge in [0, 0.05) is 11.3 Å². The van der Waals surface area contributed by atoms with Crippen LogP contribution in [-0.4, -0.2) is 45.7 Å². The second-order valence-corrected chi connectivity index (χ2v) is 24.5. The summed E-state index contributed by atoms with van der Waals surface area (Å²) in [6.45, 7) is 35.7. The molecule has 5 atom stereocenters. The largest absolute Gasteiger partial charge is 0.481 e. The number of carboxylic acid groups (broad SMARTS) is 1. The Morgan fingerprint density at radius 1 is 0.865 bits per heavy atom. The molecule has 37 heavy (non-hydrogen) atoms. The third-order valence-electron chi connectivity index (χ3n) is 9.09. The molecule has 0 aliphatic rings. The zero-order chi connectivity index (χ0) is 29.8. The molecule has 0 fully saturated rings. The Bertz CT molecular complexity index is 774. The van der Waals surface area contributed by atoms with E-state index in [9.17, 15) is 14.7 Å². The lowest BCUT2D eigenvalue weighted by atomic mass is 9.72. The number of ketones is 1. The molecule has 0 amide bonds. The third kappa shape index (κ3) is 10.0. The second-order valence-electron chi connectivity index (χ2n) is 15.0. The molecule has 0 aliphatic carbocycles. The zero-order valence-corrected chi connectivity index (χ0v) is 28.9. The second kappa shape index (κ2) is 13.1. The monoisotopic (exact) mass is 556 g/mol. The fourth-order valence-corrected chi connectivity index (χ4v) is 7.32. The van der Waals surface area contributed by atoms with Crippen molar-refractivity contribution in [3.05, 3.63) is 12.7 Å². The Morgan fingerprint density at radius 3 is 1.68 bits per heavy atom. The predicted octanol–water partition coefficient (Wildman–Crippen LogP) is 8.71. The van der Waals surface area contributed by atoms with E-state index in [1.54, 1.807) is 0 Å². The third-order valence-corrected chi connectivity index (χ3v) is 18.1. The standard InChI is InChI=1S/C30H60O5Si2/c1-17-18-21(2)19-22(3)26(35-37(15,16)29(8,9)10)23(4)27(33)30(11,12)24(20-25(31)32)34-36(13,14)28(5,6)7/h17,21-24,26H,1,18-20H2,2-16H3,(H,31,32)/t21-,22-,23+,24-,26-/m0/s1.